The van der Waals surface area contributed by atoms with Gasteiger partial charge < -0.3 is 10.2 Å². The largest absolute Gasteiger partial charge is 0 e. The van der Waals surface area contributed by atoms with Gasteiger partial charge in [0.1, 0.15) is 0 Å². The van der Waals surface area contributed by atoms with Crippen molar-refractivity contribution in [2.75, 3.05) is 0 Å². The van der Waals surface area contributed by atoms with Crippen molar-refractivity contribution in [2.45, 2.75) is 0 Å². The molecule has 0 atom stereocenters. The van der Waals surface area contributed by atoms with E-state index in [1.54, 1.807) is 0 Å². The van der Waals surface area contributed by atoms with E-state index in [0.717, 1.165) is 0 Å². The molecule has 0 aliphatic carbocycles. The number of rotatable bonds is 0. The van der Waals surface area contributed by atoms with Gasteiger partial charge in [0, 0.05) is 21.7 Å². The van der Waals surface area contributed by atoms with E-state index in [2.05, 4.69) is 0 Å². The summed E-state index contributed by atoms with van der Waals surface area (Å²) in [5.41, 5.74) is 0. The molecule has 6 heteroatoms. The molecule has 4 nitrogen and oxygen atoms in total. The molecule has 0 fully saturated rings. The Kier molecular flexibility index (Phi) is 36.3. The van der Waals surface area contributed by atoms with Crippen LogP contribution in [0.3, 0.4) is 0 Å². The molecular weight excluding hydrogens is 151 g/mol. The summed E-state index contributed by atoms with van der Waals surface area (Å²) >= 11 is 0.611. The summed E-state index contributed by atoms with van der Waals surface area (Å²) in [5.74, 6) is 0. The quantitative estimate of drug-likeness (QED) is 0.459. The summed E-state index contributed by atoms with van der Waals surface area (Å²) in [6, 6.07) is 0. The molecule has 0 aromatic rings. The first kappa shape index (κ1) is 15.7. The maximum absolute atomic E-state index is 8.56. The molecule has 0 unspecified atom stereocenters. The van der Waals surface area contributed by atoms with Crippen LogP contribution in [0.5, 0.6) is 0 Å². The molecule has 0 aliphatic heterocycles. The molecule has 0 bridgehead atoms. The zero-order valence-corrected chi connectivity index (χ0v) is 6.39. The maximum atomic E-state index is 8.56. The van der Waals surface area contributed by atoms with Crippen LogP contribution in [0.25, 0.3) is 0 Å². The zero-order valence-electron chi connectivity index (χ0n) is 3.42. The fourth-order valence-electron chi connectivity index (χ4n) is 0. The van der Waals surface area contributed by atoms with Gasteiger partial charge in [-0.1, -0.05) is 0 Å². The Bertz CT molecular complexity index is 43.0. The van der Waals surface area contributed by atoms with E-state index in [9.17, 15) is 0 Å². The minimum atomic E-state index is -1.83. The van der Waals surface area contributed by atoms with Crippen LogP contribution in [0.1, 0.15) is 0 Å². The van der Waals surface area contributed by atoms with Crippen LogP contribution >= 0.6 is 0 Å². The Morgan fingerprint density at radius 1 is 1.29 bits per heavy atom. The first-order valence-corrected chi connectivity index (χ1v) is 1.52. The van der Waals surface area contributed by atoms with Crippen LogP contribution in [0.4, 0.5) is 4.79 Å². The van der Waals surface area contributed by atoms with Crippen molar-refractivity contribution in [3.8, 4) is 0 Å². The van der Waals surface area contributed by atoms with Crippen LogP contribution in [-0.4, -0.2) is 32.6 Å². The van der Waals surface area contributed by atoms with Gasteiger partial charge in [-0.15, -0.1) is 0 Å². The molecule has 0 saturated carbocycles. The summed E-state index contributed by atoms with van der Waals surface area (Å²) < 4.78 is 8.28. The van der Waals surface area contributed by atoms with Gasteiger partial charge in [-0.2, -0.15) is 0 Å². The van der Waals surface area contributed by atoms with Crippen molar-refractivity contribution < 1.29 is 40.5 Å². The average molecular weight is 154 g/mol. The van der Waals surface area contributed by atoms with Crippen LogP contribution in [-0.2, 0) is 25.5 Å². The molecule has 2 N–H and O–H groups in total. The molecule has 0 aromatic heterocycles. The fraction of sp³-hybridized carbons (Fsp3) is 0. The van der Waals surface area contributed by atoms with Crippen molar-refractivity contribution in [2.24, 2.45) is 0 Å². The van der Waals surface area contributed by atoms with Crippen LogP contribution in [0, 0.1) is 0 Å². The molecule has 38 valence electrons. The minimum Gasteiger partial charge on any atom is 0 e. The molecule has 0 rings (SSSR count). The second kappa shape index (κ2) is 16.2. The second-order valence-corrected chi connectivity index (χ2v) is 0.283. The molecule has 0 spiro atoms. The van der Waals surface area contributed by atoms with Gasteiger partial charge in [0.05, 0.1) is 0 Å². The van der Waals surface area contributed by atoms with Gasteiger partial charge in [0.15, 0.2) is 0 Å². The number of carboxylic acid groups (broad SMARTS) is 2. The molecule has 0 aromatic carbocycles. The van der Waals surface area contributed by atoms with Gasteiger partial charge in [-0.3, -0.25) is 0 Å². The third-order valence-corrected chi connectivity index (χ3v) is 0. The Labute approximate surface area is 63.0 Å². The van der Waals surface area contributed by atoms with Crippen LogP contribution in [0.2, 0.25) is 0 Å². The van der Waals surface area contributed by atoms with E-state index in [1.807, 2.05) is 0 Å². The normalized spacial score (nSPS) is 3.86. The van der Waals surface area contributed by atoms with Gasteiger partial charge in [0.25, 0.3) is 0 Å². The summed E-state index contributed by atoms with van der Waals surface area (Å²) in [6.45, 7) is 0. The standard InChI is InChI=1S/CH2O3.Al.O.Ti.H/c2-1(3)4;;;;/h(H2,2,3,4);;;;. The first-order chi connectivity index (χ1) is 2.73. The molecule has 0 radical (unpaired) electrons. The SMILES string of the molecule is O=C(O)O.[O]=[AlH].[Ti]. The Hall–Kier alpha value is 0.317. The van der Waals surface area contributed by atoms with Gasteiger partial charge in [-0.25, -0.2) is 4.79 Å². The average Bonchev–Trinajstić information content (AvgIpc) is 1.41. The van der Waals surface area contributed by atoms with Crippen molar-refractivity contribution in [3.05, 3.63) is 0 Å². The predicted octanol–water partition coefficient (Wildman–Crippen LogP) is -0.547. The number of hydrogen-bond donors (Lipinski definition) is 2. The summed E-state index contributed by atoms with van der Waals surface area (Å²) in [5, 5.41) is 13.9. The predicted molar refractivity (Wildman–Crippen MR) is 18.5 cm³/mol. The number of hydrogen-bond acceptors (Lipinski definition) is 2. The minimum absolute atomic E-state index is 0. The van der Waals surface area contributed by atoms with Crippen LogP contribution in [0.15, 0.2) is 0 Å². The molecule has 0 aliphatic rings. The smallest absolute Gasteiger partial charge is 0 e. The molecule has 0 amide bonds. The third-order valence-electron chi connectivity index (χ3n) is 0. The van der Waals surface area contributed by atoms with Crippen molar-refractivity contribution in [1.29, 1.82) is 0 Å². The monoisotopic (exact) mass is 154 g/mol. The van der Waals surface area contributed by atoms with E-state index >= 15 is 0 Å². The second-order valence-electron chi connectivity index (χ2n) is 0.283. The van der Waals surface area contributed by atoms with E-state index in [0.29, 0.717) is 16.2 Å². The first-order valence-electron chi connectivity index (χ1n) is 0.940. The van der Waals surface area contributed by atoms with Gasteiger partial charge in [-0.05, 0) is 0 Å². The molecular formula is CH3AlO4Ti. The summed E-state index contributed by atoms with van der Waals surface area (Å²) in [6.07, 6.45) is -1.83. The fourth-order valence-corrected chi connectivity index (χ4v) is 0. The van der Waals surface area contributed by atoms with E-state index in [1.165, 1.54) is 0 Å². The Morgan fingerprint density at radius 3 is 1.29 bits per heavy atom. The van der Waals surface area contributed by atoms with Crippen molar-refractivity contribution >= 4 is 22.4 Å². The van der Waals surface area contributed by atoms with E-state index in [4.69, 9.17) is 18.8 Å². The molecule has 0 saturated heterocycles. The van der Waals surface area contributed by atoms with E-state index in [-0.39, 0.29) is 21.7 Å². The van der Waals surface area contributed by atoms with Gasteiger partial charge in [0.2, 0.25) is 0 Å². The number of carbonyl (C=O) groups is 1. The summed E-state index contributed by atoms with van der Waals surface area (Å²) in [4.78, 5) is 8.56. The Morgan fingerprint density at radius 2 is 1.29 bits per heavy atom. The Balaban J connectivity index is -0.0000000480. The third kappa shape index (κ3) is 1170. The summed E-state index contributed by atoms with van der Waals surface area (Å²) in [7, 11) is 0. The van der Waals surface area contributed by atoms with Crippen molar-refractivity contribution in [3.63, 3.8) is 0 Å². The molecule has 0 heterocycles. The maximum Gasteiger partial charge on any atom is 0 e. The molecule has 7 heavy (non-hydrogen) atoms. The zero-order chi connectivity index (χ0) is 5.58. The van der Waals surface area contributed by atoms with Gasteiger partial charge >= 0.3 is 26.2 Å². The topological polar surface area (TPSA) is 74.6 Å². The van der Waals surface area contributed by atoms with Crippen LogP contribution < -0.4 is 0 Å². The van der Waals surface area contributed by atoms with E-state index < -0.39 is 6.16 Å². The van der Waals surface area contributed by atoms with Crippen molar-refractivity contribution in [1.82, 2.24) is 0 Å².